The van der Waals surface area contributed by atoms with Gasteiger partial charge in [0, 0.05) is 6.54 Å². The van der Waals surface area contributed by atoms with Gasteiger partial charge in [0.25, 0.3) is 0 Å². The number of aliphatic hydroxyl groups is 1. The van der Waals surface area contributed by atoms with Gasteiger partial charge in [-0.3, -0.25) is 9.69 Å². The van der Waals surface area contributed by atoms with E-state index in [-0.39, 0.29) is 12.5 Å². The number of carbonyl (C=O) groups is 1. The van der Waals surface area contributed by atoms with Crippen molar-refractivity contribution in [3.05, 3.63) is 27.2 Å². The largest absolute Gasteiger partial charge is 0.389 e. The number of benzene rings is 1. The predicted molar refractivity (Wildman–Crippen MR) is 88.5 cm³/mol. The number of hydrogen-bond donors (Lipinski definition) is 2. The zero-order valence-corrected chi connectivity index (χ0v) is 14.5. The molecule has 1 aromatic rings. The molecule has 0 saturated heterocycles. The van der Waals surface area contributed by atoms with E-state index in [9.17, 15) is 9.90 Å². The maximum atomic E-state index is 12.0. The van der Waals surface area contributed by atoms with Gasteiger partial charge in [0.15, 0.2) is 0 Å². The molecule has 0 heterocycles. The molecular weight excluding hydrogens is 335 g/mol. The number of amides is 1. The van der Waals surface area contributed by atoms with E-state index in [1.165, 1.54) is 12.1 Å². The van der Waals surface area contributed by atoms with Gasteiger partial charge in [0.1, 0.15) is 0 Å². The molecule has 0 fully saturated rings. The van der Waals surface area contributed by atoms with Gasteiger partial charge in [0.05, 0.1) is 32.9 Å². The minimum atomic E-state index is -0.864. The molecule has 0 aromatic heterocycles. The Hall–Kier alpha value is -0.520. The molecule has 7 heteroatoms. The van der Waals surface area contributed by atoms with Crippen molar-refractivity contribution >= 4 is 46.4 Å². The topological polar surface area (TPSA) is 52.6 Å². The second kappa shape index (κ2) is 7.65. The van der Waals surface area contributed by atoms with Crippen molar-refractivity contribution < 1.29 is 9.90 Å². The van der Waals surface area contributed by atoms with E-state index in [0.717, 1.165) is 0 Å². The normalized spacial score (nSPS) is 11.8. The van der Waals surface area contributed by atoms with Gasteiger partial charge in [-0.05, 0) is 32.5 Å². The Morgan fingerprint density at radius 2 is 1.81 bits per heavy atom. The molecule has 21 heavy (non-hydrogen) atoms. The molecule has 1 amide bonds. The fraction of sp³-hybridized carbons (Fsp3) is 0.500. The molecule has 4 nitrogen and oxygen atoms in total. The summed E-state index contributed by atoms with van der Waals surface area (Å²) in [5.41, 5.74) is -0.451. The third-order valence-electron chi connectivity index (χ3n) is 2.71. The highest BCUT2D eigenvalue weighted by atomic mass is 35.5. The number of likely N-dealkylation sites (N-methyl/N-ethyl adjacent to an activating group) is 1. The summed E-state index contributed by atoms with van der Waals surface area (Å²) in [5, 5.41) is 13.5. The third-order valence-corrected chi connectivity index (χ3v) is 3.74. The van der Waals surface area contributed by atoms with Crippen LogP contribution in [0.15, 0.2) is 12.1 Å². The van der Waals surface area contributed by atoms with Crippen molar-refractivity contribution in [1.82, 2.24) is 4.90 Å². The molecule has 0 aliphatic carbocycles. The van der Waals surface area contributed by atoms with E-state index in [4.69, 9.17) is 34.8 Å². The molecular formula is C14H19Cl3N2O2. The first-order valence-corrected chi connectivity index (χ1v) is 7.65. The van der Waals surface area contributed by atoms with Crippen molar-refractivity contribution in [2.45, 2.75) is 26.4 Å². The van der Waals surface area contributed by atoms with E-state index in [0.29, 0.717) is 33.8 Å². The van der Waals surface area contributed by atoms with E-state index >= 15 is 0 Å². The number of nitrogens with zero attached hydrogens (tertiary/aromatic N) is 1. The first-order chi connectivity index (χ1) is 9.62. The van der Waals surface area contributed by atoms with Crippen LogP contribution in [0.3, 0.4) is 0 Å². The van der Waals surface area contributed by atoms with Crippen LogP contribution in [0.1, 0.15) is 20.8 Å². The second-order valence-electron chi connectivity index (χ2n) is 5.41. The summed E-state index contributed by atoms with van der Waals surface area (Å²) < 4.78 is 0. The number of rotatable bonds is 6. The lowest BCUT2D eigenvalue weighted by Crippen LogP contribution is -2.42. The van der Waals surface area contributed by atoms with E-state index in [1.807, 2.05) is 11.8 Å². The molecule has 0 aliphatic rings. The lowest BCUT2D eigenvalue weighted by Gasteiger charge is -2.27. The highest BCUT2D eigenvalue weighted by Gasteiger charge is 2.19. The van der Waals surface area contributed by atoms with Gasteiger partial charge in [-0.1, -0.05) is 41.7 Å². The first kappa shape index (κ1) is 18.5. The molecule has 0 saturated carbocycles. The molecule has 1 aromatic carbocycles. The maximum absolute atomic E-state index is 12.0. The van der Waals surface area contributed by atoms with Gasteiger partial charge >= 0.3 is 0 Å². The number of halogens is 3. The Labute approximate surface area is 140 Å². The number of anilines is 1. The van der Waals surface area contributed by atoms with Crippen molar-refractivity contribution in [2.24, 2.45) is 0 Å². The quantitative estimate of drug-likeness (QED) is 0.767. The Kier molecular flexibility index (Phi) is 6.75. The second-order valence-corrected chi connectivity index (χ2v) is 6.63. The maximum Gasteiger partial charge on any atom is 0.238 e. The van der Waals surface area contributed by atoms with Crippen molar-refractivity contribution in [2.75, 3.05) is 25.0 Å². The van der Waals surface area contributed by atoms with Crippen LogP contribution in [-0.4, -0.2) is 41.1 Å². The summed E-state index contributed by atoms with van der Waals surface area (Å²) in [7, 11) is 0. The van der Waals surface area contributed by atoms with Crippen LogP contribution in [0.4, 0.5) is 5.69 Å². The minimum absolute atomic E-state index is 0.150. The fourth-order valence-electron chi connectivity index (χ4n) is 1.84. The highest BCUT2D eigenvalue weighted by molar-refractivity contribution is 6.44. The minimum Gasteiger partial charge on any atom is -0.389 e. The van der Waals surface area contributed by atoms with Crippen LogP contribution in [0.25, 0.3) is 0 Å². The number of nitrogens with one attached hydrogen (secondary N) is 1. The zero-order valence-electron chi connectivity index (χ0n) is 12.2. The summed E-state index contributed by atoms with van der Waals surface area (Å²) in [6, 6.07) is 2.99. The van der Waals surface area contributed by atoms with Gasteiger partial charge < -0.3 is 10.4 Å². The van der Waals surface area contributed by atoms with Crippen molar-refractivity contribution in [1.29, 1.82) is 0 Å². The van der Waals surface area contributed by atoms with Gasteiger partial charge in [0.2, 0.25) is 5.91 Å². The molecule has 2 N–H and O–H groups in total. The average Bonchev–Trinajstić information content (AvgIpc) is 2.33. The molecule has 1 rings (SSSR count). The van der Waals surface area contributed by atoms with Crippen LogP contribution < -0.4 is 5.32 Å². The van der Waals surface area contributed by atoms with Crippen molar-refractivity contribution in [3.8, 4) is 0 Å². The Balaban J connectivity index is 2.71. The molecule has 0 spiro atoms. The van der Waals surface area contributed by atoms with E-state index in [1.54, 1.807) is 13.8 Å². The number of hydrogen-bond acceptors (Lipinski definition) is 3. The van der Waals surface area contributed by atoms with E-state index in [2.05, 4.69) is 5.32 Å². The summed E-state index contributed by atoms with van der Waals surface area (Å²) in [6.45, 7) is 6.51. The van der Waals surface area contributed by atoms with Crippen LogP contribution in [0, 0.1) is 0 Å². The third kappa shape index (κ3) is 6.41. The standard InChI is InChI=1S/C14H19Cl3N2O2/c1-4-19(8-14(2,3)21)7-13(20)18-12-6-10(16)9(15)5-11(12)17/h5-6,21H,4,7-8H2,1-3H3,(H,18,20). The molecule has 0 unspecified atom stereocenters. The smallest absolute Gasteiger partial charge is 0.238 e. The SMILES string of the molecule is CCN(CC(=O)Nc1cc(Cl)c(Cl)cc1Cl)CC(C)(C)O. The zero-order chi connectivity index (χ0) is 16.2. The first-order valence-electron chi connectivity index (χ1n) is 6.51. The van der Waals surface area contributed by atoms with Gasteiger partial charge in [-0.2, -0.15) is 0 Å². The van der Waals surface area contributed by atoms with Crippen LogP contribution in [0.5, 0.6) is 0 Å². The van der Waals surface area contributed by atoms with Crippen LogP contribution >= 0.6 is 34.8 Å². The average molecular weight is 354 g/mol. The monoisotopic (exact) mass is 352 g/mol. The van der Waals surface area contributed by atoms with Crippen molar-refractivity contribution in [3.63, 3.8) is 0 Å². The molecule has 118 valence electrons. The Morgan fingerprint density at radius 3 is 2.33 bits per heavy atom. The fourth-order valence-corrected chi connectivity index (χ4v) is 2.43. The lowest BCUT2D eigenvalue weighted by atomic mass is 10.1. The molecule has 0 radical (unpaired) electrons. The summed E-state index contributed by atoms with van der Waals surface area (Å²) >= 11 is 17.8. The molecule has 0 aliphatic heterocycles. The lowest BCUT2D eigenvalue weighted by molar-refractivity contribution is -0.117. The predicted octanol–water partition coefficient (Wildman–Crippen LogP) is 3.68. The molecule has 0 atom stereocenters. The summed E-state index contributed by atoms with van der Waals surface area (Å²) in [4.78, 5) is 13.9. The van der Waals surface area contributed by atoms with Gasteiger partial charge in [-0.15, -0.1) is 0 Å². The van der Waals surface area contributed by atoms with Gasteiger partial charge in [-0.25, -0.2) is 0 Å². The van der Waals surface area contributed by atoms with Crippen LogP contribution in [0.2, 0.25) is 15.1 Å². The Bertz CT molecular complexity index is 516. The highest BCUT2D eigenvalue weighted by Crippen LogP contribution is 2.32. The Morgan fingerprint density at radius 1 is 1.24 bits per heavy atom. The summed E-state index contributed by atoms with van der Waals surface area (Å²) in [5.74, 6) is -0.235. The summed E-state index contributed by atoms with van der Waals surface area (Å²) in [6.07, 6.45) is 0. The van der Waals surface area contributed by atoms with E-state index < -0.39 is 5.60 Å². The molecule has 0 bridgehead atoms. The number of carbonyl (C=O) groups excluding carboxylic acids is 1. The van der Waals surface area contributed by atoms with Crippen LogP contribution in [-0.2, 0) is 4.79 Å².